The van der Waals surface area contributed by atoms with Crippen LogP contribution in [0.2, 0.25) is 0 Å². The minimum Gasteiger partial charge on any atom is -0.271 e. The molecule has 108 valence electrons. The van der Waals surface area contributed by atoms with Crippen molar-refractivity contribution in [3.05, 3.63) is 0 Å². The number of alkyl halides is 6. The quantitative estimate of drug-likeness (QED) is 0.471. The number of nitrogens with one attached hydrogen (secondary N) is 1. The van der Waals surface area contributed by atoms with Crippen molar-refractivity contribution in [3.63, 3.8) is 0 Å². The Labute approximate surface area is 101 Å². The first-order valence-electron chi connectivity index (χ1n) is 5.75. The molecule has 0 radical (unpaired) electrons. The largest absolute Gasteiger partial charge is 0.402 e. The SMILES string of the molecule is NNC(CC1CCCC1)C(C(F)(F)F)C(F)(F)F. The molecule has 18 heavy (non-hydrogen) atoms. The Bertz CT molecular complexity index is 242. The van der Waals surface area contributed by atoms with E-state index in [4.69, 9.17) is 5.84 Å². The van der Waals surface area contributed by atoms with Crippen molar-refractivity contribution >= 4 is 0 Å². The van der Waals surface area contributed by atoms with E-state index in [2.05, 4.69) is 0 Å². The Morgan fingerprint density at radius 1 is 1.00 bits per heavy atom. The molecule has 0 aromatic rings. The summed E-state index contributed by atoms with van der Waals surface area (Å²) in [5.74, 6) is 1.38. The lowest BCUT2D eigenvalue weighted by atomic mass is 9.89. The van der Waals surface area contributed by atoms with Gasteiger partial charge in [0.2, 0.25) is 0 Å². The van der Waals surface area contributed by atoms with Crippen LogP contribution < -0.4 is 11.3 Å². The van der Waals surface area contributed by atoms with Crippen LogP contribution >= 0.6 is 0 Å². The standard InChI is InChI=1S/C10H16F6N2/c11-9(12,13)8(10(14,15)16)7(18-17)5-6-3-1-2-4-6/h6-8,18H,1-5,17H2. The molecule has 1 aliphatic rings. The molecule has 1 atom stereocenters. The van der Waals surface area contributed by atoms with Crippen LogP contribution in [0.3, 0.4) is 0 Å². The molecule has 0 aromatic carbocycles. The summed E-state index contributed by atoms with van der Waals surface area (Å²) in [4.78, 5) is 0. The average Bonchev–Trinajstić information content (AvgIpc) is 2.64. The minimum absolute atomic E-state index is 0.113. The van der Waals surface area contributed by atoms with Crippen molar-refractivity contribution in [1.29, 1.82) is 0 Å². The second-order valence-corrected chi connectivity index (χ2v) is 4.72. The van der Waals surface area contributed by atoms with Gasteiger partial charge in [0.05, 0.1) is 0 Å². The van der Waals surface area contributed by atoms with Gasteiger partial charge in [-0.2, -0.15) is 26.3 Å². The van der Waals surface area contributed by atoms with Crippen molar-refractivity contribution in [2.24, 2.45) is 17.7 Å². The van der Waals surface area contributed by atoms with E-state index in [1.807, 2.05) is 0 Å². The van der Waals surface area contributed by atoms with Gasteiger partial charge in [-0.15, -0.1) is 0 Å². The van der Waals surface area contributed by atoms with Crippen LogP contribution in [-0.4, -0.2) is 18.4 Å². The van der Waals surface area contributed by atoms with Crippen molar-refractivity contribution in [2.75, 3.05) is 0 Å². The summed E-state index contributed by atoms with van der Waals surface area (Å²) in [5.41, 5.74) is 1.70. The van der Waals surface area contributed by atoms with Gasteiger partial charge in [-0.25, -0.2) is 0 Å². The van der Waals surface area contributed by atoms with Gasteiger partial charge in [0.1, 0.15) is 0 Å². The molecule has 2 nitrogen and oxygen atoms in total. The molecule has 0 bridgehead atoms. The topological polar surface area (TPSA) is 38.0 Å². The number of hydrazine groups is 1. The summed E-state index contributed by atoms with van der Waals surface area (Å²) >= 11 is 0. The van der Waals surface area contributed by atoms with E-state index in [-0.39, 0.29) is 12.3 Å². The van der Waals surface area contributed by atoms with Crippen molar-refractivity contribution in [1.82, 2.24) is 5.43 Å². The first-order valence-corrected chi connectivity index (χ1v) is 5.75. The molecule has 0 amide bonds. The maximum absolute atomic E-state index is 12.5. The predicted octanol–water partition coefficient (Wildman–Crippen LogP) is 3.14. The maximum Gasteiger partial charge on any atom is 0.402 e. The van der Waals surface area contributed by atoms with E-state index in [0.717, 1.165) is 12.8 Å². The molecule has 1 saturated carbocycles. The van der Waals surface area contributed by atoms with Crippen LogP contribution in [0.15, 0.2) is 0 Å². The fourth-order valence-electron chi connectivity index (χ4n) is 2.55. The monoisotopic (exact) mass is 278 g/mol. The number of rotatable bonds is 4. The van der Waals surface area contributed by atoms with Gasteiger partial charge < -0.3 is 0 Å². The minimum atomic E-state index is -5.34. The van der Waals surface area contributed by atoms with Crippen LogP contribution in [0.1, 0.15) is 32.1 Å². The van der Waals surface area contributed by atoms with E-state index >= 15 is 0 Å². The highest BCUT2D eigenvalue weighted by molar-refractivity contribution is 4.88. The molecule has 1 unspecified atom stereocenters. The molecule has 1 aliphatic carbocycles. The highest BCUT2D eigenvalue weighted by Crippen LogP contribution is 2.43. The van der Waals surface area contributed by atoms with Crippen LogP contribution in [0, 0.1) is 11.8 Å². The lowest BCUT2D eigenvalue weighted by molar-refractivity contribution is -0.292. The summed E-state index contributed by atoms with van der Waals surface area (Å²) in [6.07, 6.45) is -7.83. The molecule has 8 heteroatoms. The predicted molar refractivity (Wildman–Crippen MR) is 53.3 cm³/mol. The van der Waals surface area contributed by atoms with Gasteiger partial charge in [-0.1, -0.05) is 25.7 Å². The second kappa shape index (κ2) is 5.64. The molecule has 0 heterocycles. The lowest BCUT2D eigenvalue weighted by Crippen LogP contribution is -2.53. The van der Waals surface area contributed by atoms with Crippen LogP contribution in [0.25, 0.3) is 0 Å². The zero-order valence-corrected chi connectivity index (χ0v) is 9.61. The number of hydrogen-bond donors (Lipinski definition) is 2. The average molecular weight is 278 g/mol. The Morgan fingerprint density at radius 2 is 1.44 bits per heavy atom. The second-order valence-electron chi connectivity index (χ2n) is 4.72. The summed E-state index contributed by atoms with van der Waals surface area (Å²) in [6, 6.07) is -1.81. The normalized spacial score (nSPS) is 20.7. The van der Waals surface area contributed by atoms with Gasteiger partial charge in [-0.05, 0) is 12.3 Å². The molecule has 0 aliphatic heterocycles. The summed E-state index contributed by atoms with van der Waals surface area (Å²) < 4.78 is 75.1. The summed E-state index contributed by atoms with van der Waals surface area (Å²) in [6.45, 7) is 0. The molecule has 0 spiro atoms. The summed E-state index contributed by atoms with van der Waals surface area (Å²) in [7, 11) is 0. The Hall–Kier alpha value is -0.500. The van der Waals surface area contributed by atoms with E-state index in [1.54, 1.807) is 5.43 Å². The third kappa shape index (κ3) is 4.01. The van der Waals surface area contributed by atoms with Gasteiger partial charge in [0.25, 0.3) is 0 Å². The third-order valence-electron chi connectivity index (χ3n) is 3.38. The van der Waals surface area contributed by atoms with Gasteiger partial charge >= 0.3 is 12.4 Å². The first kappa shape index (κ1) is 15.6. The lowest BCUT2D eigenvalue weighted by Gasteiger charge is -2.31. The van der Waals surface area contributed by atoms with Crippen LogP contribution in [0.4, 0.5) is 26.3 Å². The molecular formula is C10H16F6N2. The Kier molecular flexibility index (Phi) is 4.88. The van der Waals surface area contributed by atoms with Gasteiger partial charge in [-0.3, -0.25) is 11.3 Å². The molecule has 1 fully saturated rings. The van der Waals surface area contributed by atoms with Crippen LogP contribution in [-0.2, 0) is 0 Å². The number of nitrogens with two attached hydrogens (primary N) is 1. The van der Waals surface area contributed by atoms with Crippen molar-refractivity contribution in [2.45, 2.75) is 50.5 Å². The van der Waals surface area contributed by atoms with E-state index in [1.165, 1.54) is 0 Å². The van der Waals surface area contributed by atoms with E-state index in [0.29, 0.717) is 12.8 Å². The number of hydrogen-bond acceptors (Lipinski definition) is 2. The Morgan fingerprint density at radius 3 is 1.78 bits per heavy atom. The zero-order chi connectivity index (χ0) is 14.0. The van der Waals surface area contributed by atoms with Gasteiger partial charge in [0, 0.05) is 6.04 Å². The molecular weight excluding hydrogens is 262 g/mol. The fraction of sp³-hybridized carbons (Fsp3) is 1.00. The zero-order valence-electron chi connectivity index (χ0n) is 9.61. The van der Waals surface area contributed by atoms with E-state index < -0.39 is 24.3 Å². The molecule has 3 N–H and O–H groups in total. The summed E-state index contributed by atoms with van der Waals surface area (Å²) in [5, 5.41) is 0. The van der Waals surface area contributed by atoms with Gasteiger partial charge in [0.15, 0.2) is 5.92 Å². The first-order chi connectivity index (χ1) is 8.16. The number of halogens is 6. The van der Waals surface area contributed by atoms with E-state index in [9.17, 15) is 26.3 Å². The molecule has 0 saturated heterocycles. The molecule has 1 rings (SSSR count). The smallest absolute Gasteiger partial charge is 0.271 e. The molecule has 0 aromatic heterocycles. The highest BCUT2D eigenvalue weighted by atomic mass is 19.4. The van der Waals surface area contributed by atoms with Crippen molar-refractivity contribution in [3.8, 4) is 0 Å². The Balaban J connectivity index is 2.80. The fourth-order valence-corrected chi connectivity index (χ4v) is 2.55. The van der Waals surface area contributed by atoms with Crippen molar-refractivity contribution < 1.29 is 26.3 Å². The van der Waals surface area contributed by atoms with Crippen LogP contribution in [0.5, 0.6) is 0 Å². The third-order valence-corrected chi connectivity index (χ3v) is 3.38. The highest BCUT2D eigenvalue weighted by Gasteiger charge is 2.60. The maximum atomic E-state index is 12.5.